The number of hydrogen-bond donors (Lipinski definition) is 16. The van der Waals surface area contributed by atoms with Crippen LogP contribution in [-0.2, 0) is 86.4 Å². The second-order valence-electron chi connectivity index (χ2n) is 29.2. The standard InChI is InChI=1S/C12H19NO3S.C11H17NO3S.2C10H15NO3S.2C9H13NO3S.C8H10ClNO3S.C8H10FNO3S/c1-12(2,3)10-6-4-9(5-7-10)11(13)8-17(14,15)16;1-7-4-8(2)11(9(3)5-7)10(12)6-16(13,14)15;1-7-3-4-9(8(2)5-7)10(11)6-15(12,13)14;1-7-3-4-8(2)9(5-7)10(11)6-15(12,13)14;1-7-2-4-8(5-3-7)9(10)6-14(11,12)13;1-7-3-2-4-8(5-7)9(10)6-14(11,12)13;2*9-7-3-1-2-6(4-7)8(10)5-14(11,12)13/h4-7,11H,8,13H2,1-3H3,(H,14,15,16);4-5,10H,6,12H2,1-3H3,(H,13,14,15);2*3-5,10H,6,11H2,1-2H3,(H,12,13,14);2*2-5,9H,6,10H2,1H3,(H,11,12,13);2*1-4,8H,5,10H2,(H,11,12,13). The molecule has 0 aliphatic rings. The molecule has 8 unspecified atom stereocenters. The van der Waals surface area contributed by atoms with E-state index in [9.17, 15) is 71.7 Å². The highest BCUT2D eigenvalue weighted by molar-refractivity contribution is 7.87. The van der Waals surface area contributed by atoms with Crippen molar-refractivity contribution in [2.24, 2.45) is 45.9 Å². The van der Waals surface area contributed by atoms with Gasteiger partial charge in [0.15, 0.2) is 0 Å². The minimum absolute atomic E-state index is 0.0473. The monoisotopic (exact) mass is 1840 g/mol. The van der Waals surface area contributed by atoms with Gasteiger partial charge in [0.1, 0.15) is 5.82 Å². The van der Waals surface area contributed by atoms with Crippen LogP contribution in [0.25, 0.3) is 0 Å². The van der Waals surface area contributed by atoms with Gasteiger partial charge in [-0.1, -0.05) is 206 Å². The van der Waals surface area contributed by atoms with Crippen LogP contribution in [0.2, 0.25) is 5.02 Å². The molecule has 8 aromatic carbocycles. The zero-order valence-electron chi connectivity index (χ0n) is 67.7. The Morgan fingerprint density at radius 2 is 0.580 bits per heavy atom. The van der Waals surface area contributed by atoms with Crippen LogP contribution in [0.15, 0.2) is 170 Å². The second-order valence-corrected chi connectivity index (χ2v) is 41.6. The summed E-state index contributed by atoms with van der Waals surface area (Å²) in [5, 5.41) is 0.480. The highest BCUT2D eigenvalue weighted by Gasteiger charge is 2.23. The van der Waals surface area contributed by atoms with Gasteiger partial charge in [-0.3, -0.25) is 36.4 Å². The largest absolute Gasteiger partial charge is 0.323 e. The number of aryl methyl sites for hydroxylation is 9. The fraction of sp³-hybridized carbons (Fsp3) is 0.377. The molecule has 0 fully saturated rings. The Labute approximate surface area is 705 Å². The average Bonchev–Trinajstić information content (AvgIpc) is 0.822. The van der Waals surface area contributed by atoms with Crippen LogP contribution >= 0.6 is 11.6 Å². The zero-order chi connectivity index (χ0) is 92.1. The normalized spacial score (nSPS) is 14.0. The van der Waals surface area contributed by atoms with Gasteiger partial charge >= 0.3 is 0 Å². The lowest BCUT2D eigenvalue weighted by Gasteiger charge is -2.20. The topological polar surface area (TPSA) is 643 Å². The molecule has 0 aromatic heterocycles. The van der Waals surface area contributed by atoms with Crippen molar-refractivity contribution in [3.63, 3.8) is 0 Å². The number of hydrogen-bond acceptors (Lipinski definition) is 24. The van der Waals surface area contributed by atoms with Crippen molar-refractivity contribution in [2.75, 3.05) is 46.0 Å². The summed E-state index contributed by atoms with van der Waals surface area (Å²) >= 11 is 5.69. The summed E-state index contributed by atoms with van der Waals surface area (Å²) in [6.45, 7) is 23.4. The van der Waals surface area contributed by atoms with E-state index in [-0.39, 0.29) is 5.41 Å². The molecule has 0 heterocycles. The van der Waals surface area contributed by atoms with E-state index in [1.165, 1.54) is 18.2 Å². The Morgan fingerprint density at radius 3 is 0.941 bits per heavy atom. The molecule has 0 spiro atoms. The molecule has 0 bridgehead atoms. The fourth-order valence-electron chi connectivity index (χ4n) is 11.2. The lowest BCUT2D eigenvalue weighted by molar-refractivity contribution is 0.475. The van der Waals surface area contributed by atoms with Crippen molar-refractivity contribution in [2.45, 2.75) is 137 Å². The Kier molecular flexibility index (Phi) is 44.5. The van der Waals surface area contributed by atoms with Crippen molar-refractivity contribution in [1.82, 2.24) is 0 Å². The van der Waals surface area contributed by atoms with Crippen LogP contribution in [0.3, 0.4) is 0 Å². The van der Waals surface area contributed by atoms with E-state index < -0.39 is 181 Å². The average molecular weight is 1840 g/mol. The maximum absolute atomic E-state index is 12.7. The van der Waals surface area contributed by atoms with Crippen LogP contribution in [-0.4, -0.2) is 150 Å². The molecule has 0 saturated carbocycles. The first kappa shape index (κ1) is 110. The summed E-state index contributed by atoms with van der Waals surface area (Å²) in [4.78, 5) is 0. The van der Waals surface area contributed by atoms with Crippen LogP contribution < -0.4 is 45.9 Å². The number of benzene rings is 8. The third kappa shape index (κ3) is 49.6. The zero-order valence-corrected chi connectivity index (χ0v) is 75.0. The highest BCUT2D eigenvalue weighted by atomic mass is 35.5. The third-order valence-corrected chi connectivity index (χ3v) is 23.1. The Balaban J connectivity index is 0.000000681. The van der Waals surface area contributed by atoms with Crippen molar-refractivity contribution < 1.29 is 108 Å². The summed E-state index contributed by atoms with van der Waals surface area (Å²) < 4.78 is 252. The van der Waals surface area contributed by atoms with Crippen LogP contribution in [0, 0.1) is 68.1 Å². The van der Waals surface area contributed by atoms with Crippen LogP contribution in [0.4, 0.5) is 4.39 Å². The molecule has 0 saturated heterocycles. The van der Waals surface area contributed by atoms with Crippen molar-refractivity contribution in [1.29, 1.82) is 0 Å². The molecule has 24 N–H and O–H groups in total. The Hall–Kier alpha value is -7.06. The summed E-state index contributed by atoms with van der Waals surface area (Å²) in [7, 11) is -32.3. The number of nitrogens with two attached hydrogens (primary N) is 8. The van der Waals surface area contributed by atoms with Gasteiger partial charge in [0.05, 0.1) is 46.0 Å². The molecule has 119 heavy (non-hydrogen) atoms. The molecular weight excluding hydrogens is 1730 g/mol. The second kappa shape index (κ2) is 48.1. The maximum Gasteiger partial charge on any atom is 0.266 e. The lowest BCUT2D eigenvalue weighted by atomic mass is 9.86. The van der Waals surface area contributed by atoms with Gasteiger partial charge < -0.3 is 45.9 Å². The van der Waals surface area contributed by atoms with E-state index in [0.29, 0.717) is 32.8 Å². The van der Waals surface area contributed by atoms with Gasteiger partial charge in [0, 0.05) is 53.4 Å². The van der Waals surface area contributed by atoms with Crippen molar-refractivity contribution >= 4 is 92.5 Å². The quantitative estimate of drug-likeness (QED) is 0.0250. The minimum atomic E-state index is -4.13. The van der Waals surface area contributed by atoms with Gasteiger partial charge in [-0.2, -0.15) is 67.3 Å². The Morgan fingerprint density at radius 1 is 0.286 bits per heavy atom. The van der Waals surface area contributed by atoms with Crippen LogP contribution in [0.5, 0.6) is 0 Å². The van der Waals surface area contributed by atoms with Crippen molar-refractivity contribution in [3.05, 3.63) is 281 Å². The molecule has 0 radical (unpaired) electrons. The molecule has 666 valence electrons. The third-order valence-electron chi connectivity index (χ3n) is 16.6. The van der Waals surface area contributed by atoms with Crippen LogP contribution in [0.1, 0.15) is 169 Å². The maximum atomic E-state index is 12.7. The SMILES string of the molecule is CC(C)(C)c1ccc(C(N)CS(=O)(=O)O)cc1.Cc1cc(C)c(C(N)CS(=O)(=O)O)c(C)c1.Cc1ccc(C(N)CS(=O)(=O)O)c(C)c1.Cc1ccc(C(N)CS(=O)(=O)O)cc1.Cc1ccc(C)c(C(N)CS(=O)(=O)O)c1.Cc1cccc(C(N)CS(=O)(=O)O)c1.NC(CS(=O)(=O)O)c1cccc(Cl)c1.NC(CS(=O)(=O)O)c1cccc(F)c1. The highest BCUT2D eigenvalue weighted by Crippen LogP contribution is 2.27. The first-order valence-corrected chi connectivity index (χ1v) is 48.8. The van der Waals surface area contributed by atoms with E-state index in [1.807, 2.05) is 135 Å². The van der Waals surface area contributed by atoms with Gasteiger partial charge in [-0.25, -0.2) is 4.39 Å². The first-order valence-electron chi connectivity index (χ1n) is 35.5. The Bertz CT molecular complexity index is 5370. The summed E-state index contributed by atoms with van der Waals surface area (Å²) in [6, 6.07) is 43.1. The van der Waals surface area contributed by atoms with Gasteiger partial charge in [-0.05, 0) is 164 Å². The van der Waals surface area contributed by atoms with Gasteiger partial charge in [-0.15, -0.1) is 0 Å². The predicted octanol–water partition coefficient (Wildman–Crippen LogP) is 9.46. The fourth-order valence-corrected chi connectivity index (χ4v) is 16.5. The molecule has 0 aliphatic carbocycles. The molecule has 0 amide bonds. The molecule has 0 aliphatic heterocycles. The summed E-state index contributed by atoms with van der Waals surface area (Å²) in [5.41, 5.74) is 60.7. The number of rotatable bonds is 24. The molecule has 8 atom stereocenters. The smallest absolute Gasteiger partial charge is 0.266 e. The summed E-state index contributed by atoms with van der Waals surface area (Å²) in [6.07, 6.45) is 0. The van der Waals surface area contributed by atoms with Gasteiger partial charge in [0.25, 0.3) is 80.9 Å². The van der Waals surface area contributed by atoms with E-state index in [2.05, 4.69) is 20.8 Å². The lowest BCUT2D eigenvalue weighted by Crippen LogP contribution is -2.23. The predicted molar refractivity (Wildman–Crippen MR) is 465 cm³/mol. The molecule has 42 heteroatoms. The molecule has 32 nitrogen and oxygen atoms in total. The van der Waals surface area contributed by atoms with E-state index >= 15 is 0 Å². The minimum Gasteiger partial charge on any atom is -0.323 e. The van der Waals surface area contributed by atoms with Gasteiger partial charge in [0.2, 0.25) is 0 Å². The molecule has 8 aromatic rings. The summed E-state index contributed by atoms with van der Waals surface area (Å²) in [5.74, 6) is -4.31. The molecule has 8 rings (SSSR count). The number of halogens is 2. The van der Waals surface area contributed by atoms with Crippen molar-refractivity contribution in [3.8, 4) is 0 Å². The first-order chi connectivity index (χ1) is 53.9. The van der Waals surface area contributed by atoms with E-state index in [4.69, 9.17) is 93.9 Å². The van der Waals surface area contributed by atoms with E-state index in [1.54, 1.807) is 72.8 Å². The molecular formula is C77H112ClFN8O24S8. The van der Waals surface area contributed by atoms with E-state index in [0.717, 1.165) is 78.4 Å².